The lowest BCUT2D eigenvalue weighted by Crippen LogP contribution is -2.02. The third-order valence-electron chi connectivity index (χ3n) is 9.92. The van der Waals surface area contributed by atoms with Gasteiger partial charge in [0.25, 0.3) is 0 Å². The van der Waals surface area contributed by atoms with Gasteiger partial charge in [0.05, 0.1) is 11.4 Å². The van der Waals surface area contributed by atoms with E-state index in [9.17, 15) is 0 Å². The first-order valence-corrected chi connectivity index (χ1v) is 18.0. The Kier molecular flexibility index (Phi) is 7.72. The van der Waals surface area contributed by atoms with E-state index < -0.39 is 0 Å². The maximum absolute atomic E-state index is 5.10. The molecule has 0 radical (unpaired) electrons. The first-order valence-electron chi connectivity index (χ1n) is 17.2. The highest BCUT2D eigenvalue weighted by Crippen LogP contribution is 2.45. The summed E-state index contributed by atoms with van der Waals surface area (Å²) in [6.45, 7) is 0. The van der Waals surface area contributed by atoms with Crippen molar-refractivity contribution in [2.45, 2.75) is 25.2 Å². The molecule has 0 spiro atoms. The molecule has 0 fully saturated rings. The van der Waals surface area contributed by atoms with Crippen LogP contribution in [0.3, 0.4) is 0 Å². The van der Waals surface area contributed by atoms with E-state index in [1.54, 1.807) is 0 Å². The summed E-state index contributed by atoms with van der Waals surface area (Å²) in [6, 6.07) is 52.7. The summed E-state index contributed by atoms with van der Waals surface area (Å²) in [5.74, 6) is 0.394. The van der Waals surface area contributed by atoms with E-state index >= 15 is 0 Å². The lowest BCUT2D eigenvalue weighted by atomic mass is 9.86. The van der Waals surface area contributed by atoms with Crippen LogP contribution in [0, 0.1) is 0 Å². The molecule has 2 heteroatoms. The predicted molar refractivity (Wildman–Crippen MR) is 209 cm³/mol. The number of benzene rings is 5. The molecule has 234 valence electrons. The molecular formula is C47H35NS. The number of hydrogen-bond donors (Lipinski definition) is 0. The second kappa shape index (κ2) is 12.8. The van der Waals surface area contributed by atoms with Crippen molar-refractivity contribution in [1.29, 1.82) is 0 Å². The number of allylic oxidation sites excluding steroid dienone is 5. The molecule has 0 amide bonds. The summed E-state index contributed by atoms with van der Waals surface area (Å²) in [6.07, 6.45) is 12.5. The predicted octanol–water partition coefficient (Wildman–Crippen LogP) is 13.1. The highest BCUT2D eigenvalue weighted by molar-refractivity contribution is 7.19. The molecular weight excluding hydrogens is 611 g/mol. The molecule has 7 aromatic rings. The molecule has 2 heterocycles. The first-order chi connectivity index (χ1) is 24.3. The van der Waals surface area contributed by atoms with E-state index in [2.05, 4.69) is 170 Å². The third-order valence-corrected chi connectivity index (χ3v) is 11.2. The van der Waals surface area contributed by atoms with Gasteiger partial charge in [0, 0.05) is 26.6 Å². The van der Waals surface area contributed by atoms with Crippen molar-refractivity contribution in [3.05, 3.63) is 191 Å². The lowest BCUT2D eigenvalue weighted by molar-refractivity contribution is 0.840. The van der Waals surface area contributed by atoms with E-state index in [1.165, 1.54) is 59.5 Å². The van der Waals surface area contributed by atoms with Crippen LogP contribution in [0.5, 0.6) is 0 Å². The van der Waals surface area contributed by atoms with Crippen molar-refractivity contribution in [2.24, 2.45) is 0 Å². The van der Waals surface area contributed by atoms with Gasteiger partial charge in [-0.2, -0.15) is 0 Å². The SMILES string of the molecule is C1=Cc2c(sc3ccccc23)C(c2cccc(-c3ccc(C4=CCCC(c5cc(-c6ccccc6)nc(-c6ccccc6)c5)=C4)cc3)c2)C1. The molecule has 0 saturated heterocycles. The monoisotopic (exact) mass is 645 g/mol. The quantitative estimate of drug-likeness (QED) is 0.175. The zero-order valence-corrected chi connectivity index (χ0v) is 28.0. The van der Waals surface area contributed by atoms with Crippen LogP contribution in [0.4, 0.5) is 0 Å². The summed E-state index contributed by atoms with van der Waals surface area (Å²) in [5.41, 5.74) is 14.7. The van der Waals surface area contributed by atoms with Crippen molar-refractivity contribution in [3.8, 4) is 33.6 Å². The lowest BCUT2D eigenvalue weighted by Gasteiger charge is -2.20. The van der Waals surface area contributed by atoms with Crippen molar-refractivity contribution in [2.75, 3.05) is 0 Å². The number of aromatic nitrogens is 1. The maximum atomic E-state index is 5.10. The Morgan fingerprint density at radius 2 is 1.24 bits per heavy atom. The Balaban J connectivity index is 1.01. The van der Waals surface area contributed by atoms with Gasteiger partial charge < -0.3 is 0 Å². The average molecular weight is 646 g/mol. The Hall–Kier alpha value is -5.57. The van der Waals surface area contributed by atoms with Gasteiger partial charge in [0.2, 0.25) is 0 Å². The Morgan fingerprint density at radius 1 is 0.571 bits per heavy atom. The van der Waals surface area contributed by atoms with E-state index in [-0.39, 0.29) is 0 Å². The molecule has 49 heavy (non-hydrogen) atoms. The minimum Gasteiger partial charge on any atom is -0.248 e. The van der Waals surface area contributed by atoms with Crippen LogP contribution in [-0.2, 0) is 0 Å². The van der Waals surface area contributed by atoms with Gasteiger partial charge in [-0.3, -0.25) is 0 Å². The summed E-state index contributed by atoms with van der Waals surface area (Å²) in [4.78, 5) is 6.59. The fourth-order valence-corrected chi connectivity index (χ4v) is 8.72. The van der Waals surface area contributed by atoms with Gasteiger partial charge in [0.1, 0.15) is 0 Å². The van der Waals surface area contributed by atoms with Crippen molar-refractivity contribution in [1.82, 2.24) is 4.98 Å². The topological polar surface area (TPSA) is 12.9 Å². The van der Waals surface area contributed by atoms with Crippen LogP contribution in [0.1, 0.15) is 52.3 Å². The van der Waals surface area contributed by atoms with Crippen LogP contribution < -0.4 is 0 Å². The molecule has 0 bridgehead atoms. The van der Waals surface area contributed by atoms with Crippen LogP contribution in [-0.4, -0.2) is 4.98 Å². The molecule has 0 aliphatic heterocycles. The number of pyridine rings is 1. The van der Waals surface area contributed by atoms with Crippen LogP contribution in [0.15, 0.2) is 164 Å². The molecule has 5 aromatic carbocycles. The van der Waals surface area contributed by atoms with Gasteiger partial charge in [-0.05, 0) is 87.4 Å². The molecule has 0 saturated carbocycles. The second-order valence-electron chi connectivity index (χ2n) is 13.0. The van der Waals surface area contributed by atoms with E-state index in [0.29, 0.717) is 5.92 Å². The largest absolute Gasteiger partial charge is 0.248 e. The first kappa shape index (κ1) is 29.6. The standard InChI is InChI=1S/C47H35NS/c1-3-12-34(13-4-1)44-30-40(31-45(48-44)35-14-5-2-6-15-35)38-18-9-16-36(28-38)32-24-26-33(27-25-32)37-17-10-19-39(29-37)41-21-11-22-43-42-20-7-8-23-46(42)49-47(41)43/h1-8,10-17,19-20,22-31,41H,9,18,21H2. The molecule has 2 aliphatic rings. The number of nitrogens with zero attached hydrogens (tertiary/aromatic N) is 1. The van der Waals surface area contributed by atoms with Gasteiger partial charge >= 0.3 is 0 Å². The zero-order valence-electron chi connectivity index (χ0n) is 27.2. The fraction of sp³-hybridized carbons (Fsp3) is 0.0851. The molecule has 1 atom stereocenters. The summed E-state index contributed by atoms with van der Waals surface area (Å²) >= 11 is 1.95. The molecule has 2 aromatic heterocycles. The molecule has 0 N–H and O–H groups in total. The minimum atomic E-state index is 0.394. The number of rotatable bonds is 6. The van der Waals surface area contributed by atoms with Gasteiger partial charge in [-0.15, -0.1) is 11.3 Å². The molecule has 1 unspecified atom stereocenters. The molecule has 2 aliphatic carbocycles. The Morgan fingerprint density at radius 3 is 2.00 bits per heavy atom. The molecule has 1 nitrogen and oxygen atoms in total. The summed E-state index contributed by atoms with van der Waals surface area (Å²) in [7, 11) is 0. The second-order valence-corrected chi connectivity index (χ2v) is 14.1. The van der Waals surface area contributed by atoms with Crippen LogP contribution in [0.2, 0.25) is 0 Å². The zero-order chi connectivity index (χ0) is 32.6. The van der Waals surface area contributed by atoms with Gasteiger partial charge in [-0.25, -0.2) is 4.98 Å². The van der Waals surface area contributed by atoms with E-state index in [4.69, 9.17) is 4.98 Å². The number of thiophene rings is 1. The van der Waals surface area contributed by atoms with E-state index in [0.717, 1.165) is 41.8 Å². The number of fused-ring (bicyclic) bond motifs is 3. The van der Waals surface area contributed by atoms with Crippen molar-refractivity contribution in [3.63, 3.8) is 0 Å². The van der Waals surface area contributed by atoms with Crippen molar-refractivity contribution >= 4 is 38.6 Å². The summed E-state index contributed by atoms with van der Waals surface area (Å²) < 4.78 is 1.38. The smallest absolute Gasteiger partial charge is 0.0715 e. The van der Waals surface area contributed by atoms with E-state index in [1.807, 2.05) is 11.3 Å². The van der Waals surface area contributed by atoms with Gasteiger partial charge in [0.15, 0.2) is 0 Å². The van der Waals surface area contributed by atoms with Crippen LogP contribution in [0.25, 0.3) is 61.0 Å². The maximum Gasteiger partial charge on any atom is 0.0715 e. The highest BCUT2D eigenvalue weighted by atomic mass is 32.1. The normalized spacial score (nSPS) is 15.5. The molecule has 9 rings (SSSR count). The Labute approximate surface area is 292 Å². The minimum absolute atomic E-state index is 0.394. The Bertz CT molecular complexity index is 2330. The van der Waals surface area contributed by atoms with Crippen LogP contribution >= 0.6 is 11.3 Å². The number of hydrogen-bond acceptors (Lipinski definition) is 2. The highest BCUT2D eigenvalue weighted by Gasteiger charge is 2.23. The fourth-order valence-electron chi connectivity index (χ4n) is 7.38. The summed E-state index contributed by atoms with van der Waals surface area (Å²) in [5, 5.41) is 1.38. The van der Waals surface area contributed by atoms with Gasteiger partial charge in [-0.1, -0.05) is 152 Å². The third kappa shape index (κ3) is 5.79. The average Bonchev–Trinajstić information content (AvgIpc) is 3.58. The van der Waals surface area contributed by atoms with Crippen molar-refractivity contribution < 1.29 is 0 Å².